The second-order valence-corrected chi connectivity index (χ2v) is 14.4. The van der Waals surface area contributed by atoms with Gasteiger partial charge in [0, 0.05) is 19.5 Å². The highest BCUT2D eigenvalue weighted by molar-refractivity contribution is 5.69. The van der Waals surface area contributed by atoms with Gasteiger partial charge < -0.3 is 15.4 Å². The number of unbranched alkanes of at least 4 members (excludes halogenated alkanes) is 8. The Balaban J connectivity index is 3.79. The lowest BCUT2D eigenvalue weighted by Gasteiger charge is -2.23. The van der Waals surface area contributed by atoms with Crippen molar-refractivity contribution in [2.24, 2.45) is 29.4 Å². The molecular weight excluding hydrogens is 528 g/mol. The molecule has 3 atom stereocenters. The number of carbonyl (C=O) groups excluding carboxylic acids is 1. The van der Waals surface area contributed by atoms with E-state index in [1.807, 2.05) is 6.08 Å². The molecular formula is C39H78N2O2. The Kier molecular flexibility index (Phi) is 30.5. The van der Waals surface area contributed by atoms with E-state index in [4.69, 9.17) is 10.5 Å². The minimum Gasteiger partial charge on any atom is -0.461 e. The molecule has 0 aliphatic rings. The number of allylic oxidation sites excluding steroid dienone is 1. The first-order valence-electron chi connectivity index (χ1n) is 19.0. The van der Waals surface area contributed by atoms with Crippen molar-refractivity contribution >= 4 is 5.97 Å². The molecule has 0 heterocycles. The molecule has 0 aromatic carbocycles. The largest absolute Gasteiger partial charge is 0.461 e. The molecule has 2 N–H and O–H groups in total. The van der Waals surface area contributed by atoms with Gasteiger partial charge in [0.2, 0.25) is 0 Å². The van der Waals surface area contributed by atoms with E-state index in [0.717, 1.165) is 62.6 Å². The number of carbonyl (C=O) groups is 1. The summed E-state index contributed by atoms with van der Waals surface area (Å²) in [6.45, 7) is 18.8. The normalized spacial score (nSPS) is 14.2. The van der Waals surface area contributed by atoms with Gasteiger partial charge in [-0.15, -0.1) is 0 Å². The number of hydrogen-bond donors (Lipinski definition) is 1. The zero-order valence-electron chi connectivity index (χ0n) is 30.2. The summed E-state index contributed by atoms with van der Waals surface area (Å²) in [4.78, 5) is 14.5. The van der Waals surface area contributed by atoms with Crippen LogP contribution < -0.4 is 5.73 Å². The summed E-state index contributed by atoms with van der Waals surface area (Å²) in [5.74, 6) is 3.38. The van der Waals surface area contributed by atoms with Gasteiger partial charge in [-0.05, 0) is 68.9 Å². The van der Waals surface area contributed by atoms with Gasteiger partial charge >= 0.3 is 5.97 Å². The predicted molar refractivity (Wildman–Crippen MR) is 191 cm³/mol. The van der Waals surface area contributed by atoms with Crippen molar-refractivity contribution in [1.29, 1.82) is 0 Å². The van der Waals surface area contributed by atoms with Crippen molar-refractivity contribution < 1.29 is 9.53 Å². The standard InChI is InChI=1S/C39H78N2O2/c1-7-8-9-10-11-15-18-34-43-39(42)28-16-13-12-14-17-31-41(33-30-40)32-29-38(6)27-21-26-37(5)25-20-24-36(4)23-19-22-35(2)3/h15,18,35-38H,7-14,16-17,19-34,40H2,1-6H3/b18-15-/t36-,37-,38?/m1/s1. The number of nitrogens with two attached hydrogens (primary N) is 1. The number of ether oxygens (including phenoxy) is 1. The van der Waals surface area contributed by atoms with E-state index < -0.39 is 0 Å². The number of nitrogens with zero attached hydrogens (tertiary/aromatic N) is 1. The highest BCUT2D eigenvalue weighted by Gasteiger charge is 2.10. The molecule has 0 aromatic heterocycles. The second kappa shape index (κ2) is 31.1. The quantitative estimate of drug-likeness (QED) is 0.0470. The molecule has 256 valence electrons. The summed E-state index contributed by atoms with van der Waals surface area (Å²) < 4.78 is 5.33. The molecule has 0 spiro atoms. The van der Waals surface area contributed by atoms with E-state index in [1.165, 1.54) is 116 Å². The van der Waals surface area contributed by atoms with E-state index in [0.29, 0.717) is 13.0 Å². The molecule has 0 amide bonds. The highest BCUT2D eigenvalue weighted by atomic mass is 16.5. The molecule has 0 rings (SSSR count). The SMILES string of the molecule is CCCCCC/C=C\COC(=O)CCCCCCCN(CCN)CCC(C)CCC[C@H](C)CCC[C@H](C)CCCC(C)C. The van der Waals surface area contributed by atoms with Crippen LogP contribution in [0.1, 0.15) is 176 Å². The van der Waals surface area contributed by atoms with Crippen LogP contribution in [0.4, 0.5) is 0 Å². The molecule has 43 heavy (non-hydrogen) atoms. The molecule has 4 heteroatoms. The molecule has 4 nitrogen and oxygen atoms in total. The van der Waals surface area contributed by atoms with Crippen molar-refractivity contribution in [3.8, 4) is 0 Å². The van der Waals surface area contributed by atoms with Crippen LogP contribution in [0.2, 0.25) is 0 Å². The van der Waals surface area contributed by atoms with Crippen molar-refractivity contribution in [3.05, 3.63) is 12.2 Å². The highest BCUT2D eigenvalue weighted by Crippen LogP contribution is 2.23. The minimum atomic E-state index is -0.0501. The van der Waals surface area contributed by atoms with Crippen LogP contribution in [-0.2, 0) is 9.53 Å². The van der Waals surface area contributed by atoms with Crippen LogP contribution in [0.3, 0.4) is 0 Å². The Morgan fingerprint density at radius 2 is 1.19 bits per heavy atom. The van der Waals surface area contributed by atoms with E-state index in [1.54, 1.807) is 0 Å². The third-order valence-corrected chi connectivity index (χ3v) is 9.24. The molecule has 0 radical (unpaired) electrons. The lowest BCUT2D eigenvalue weighted by atomic mass is 9.90. The first-order chi connectivity index (χ1) is 20.8. The van der Waals surface area contributed by atoms with Crippen LogP contribution >= 0.6 is 0 Å². The van der Waals surface area contributed by atoms with Gasteiger partial charge in [0.25, 0.3) is 0 Å². The lowest BCUT2D eigenvalue weighted by molar-refractivity contribution is -0.142. The molecule has 0 fully saturated rings. The van der Waals surface area contributed by atoms with Gasteiger partial charge in [0.15, 0.2) is 0 Å². The topological polar surface area (TPSA) is 55.6 Å². The monoisotopic (exact) mass is 607 g/mol. The Morgan fingerprint density at radius 1 is 0.628 bits per heavy atom. The van der Waals surface area contributed by atoms with Crippen molar-refractivity contribution in [2.45, 2.75) is 176 Å². The number of hydrogen-bond acceptors (Lipinski definition) is 4. The van der Waals surface area contributed by atoms with E-state index in [2.05, 4.69) is 52.5 Å². The maximum atomic E-state index is 11.9. The molecule has 1 unspecified atom stereocenters. The number of rotatable bonds is 32. The lowest BCUT2D eigenvalue weighted by Crippen LogP contribution is -2.32. The predicted octanol–water partition coefficient (Wildman–Crippen LogP) is 11.1. The van der Waals surface area contributed by atoms with Gasteiger partial charge in [-0.1, -0.05) is 150 Å². The van der Waals surface area contributed by atoms with Gasteiger partial charge in [-0.3, -0.25) is 4.79 Å². The third kappa shape index (κ3) is 30.9. The average molecular weight is 607 g/mol. The summed E-state index contributed by atoms with van der Waals surface area (Å²) in [6.07, 6.45) is 30.5. The third-order valence-electron chi connectivity index (χ3n) is 9.24. The van der Waals surface area contributed by atoms with E-state index in [-0.39, 0.29) is 5.97 Å². The van der Waals surface area contributed by atoms with Crippen molar-refractivity contribution in [1.82, 2.24) is 4.90 Å². The van der Waals surface area contributed by atoms with Crippen molar-refractivity contribution in [2.75, 3.05) is 32.8 Å². The zero-order chi connectivity index (χ0) is 32.0. The smallest absolute Gasteiger partial charge is 0.306 e. The van der Waals surface area contributed by atoms with Crippen LogP contribution in [-0.4, -0.2) is 43.7 Å². The first kappa shape index (κ1) is 42.1. The molecule has 0 saturated heterocycles. The zero-order valence-corrected chi connectivity index (χ0v) is 30.2. The van der Waals surface area contributed by atoms with E-state index in [9.17, 15) is 4.79 Å². The van der Waals surface area contributed by atoms with Gasteiger partial charge in [0.05, 0.1) is 0 Å². The molecule has 0 aromatic rings. The summed E-state index contributed by atoms with van der Waals surface area (Å²) in [5, 5.41) is 0. The Hall–Kier alpha value is -0.870. The number of esters is 1. The molecule has 0 aliphatic carbocycles. The van der Waals surface area contributed by atoms with Gasteiger partial charge in [-0.2, -0.15) is 0 Å². The molecule has 0 bridgehead atoms. The van der Waals surface area contributed by atoms with Crippen LogP contribution in [0.25, 0.3) is 0 Å². The second-order valence-electron chi connectivity index (χ2n) is 14.4. The fourth-order valence-corrected chi connectivity index (χ4v) is 6.08. The molecule has 0 aliphatic heterocycles. The molecule has 0 saturated carbocycles. The summed E-state index contributed by atoms with van der Waals surface area (Å²) in [5.41, 5.74) is 5.93. The Bertz CT molecular complexity index is 620. The summed E-state index contributed by atoms with van der Waals surface area (Å²) >= 11 is 0. The van der Waals surface area contributed by atoms with Crippen LogP contribution in [0, 0.1) is 23.7 Å². The van der Waals surface area contributed by atoms with Gasteiger partial charge in [0.1, 0.15) is 6.61 Å². The van der Waals surface area contributed by atoms with Crippen LogP contribution in [0.15, 0.2) is 12.2 Å². The summed E-state index contributed by atoms with van der Waals surface area (Å²) in [7, 11) is 0. The first-order valence-corrected chi connectivity index (χ1v) is 19.0. The van der Waals surface area contributed by atoms with Crippen molar-refractivity contribution in [3.63, 3.8) is 0 Å². The average Bonchev–Trinajstić information content (AvgIpc) is 2.96. The fraction of sp³-hybridized carbons (Fsp3) is 0.923. The fourth-order valence-electron chi connectivity index (χ4n) is 6.08. The Labute approximate surface area is 270 Å². The van der Waals surface area contributed by atoms with E-state index >= 15 is 0 Å². The van der Waals surface area contributed by atoms with Crippen LogP contribution in [0.5, 0.6) is 0 Å². The maximum Gasteiger partial charge on any atom is 0.306 e. The Morgan fingerprint density at radius 3 is 1.79 bits per heavy atom. The van der Waals surface area contributed by atoms with Gasteiger partial charge in [-0.25, -0.2) is 0 Å². The minimum absolute atomic E-state index is 0.0501. The maximum absolute atomic E-state index is 11.9. The summed E-state index contributed by atoms with van der Waals surface area (Å²) in [6, 6.07) is 0.